The molecule has 1 amide bonds. The van der Waals surface area contributed by atoms with Gasteiger partial charge in [0, 0.05) is 18.1 Å². The van der Waals surface area contributed by atoms with E-state index in [2.05, 4.69) is 15.6 Å². The van der Waals surface area contributed by atoms with Crippen molar-refractivity contribution in [3.63, 3.8) is 0 Å². The molecule has 1 aromatic carbocycles. The van der Waals surface area contributed by atoms with Gasteiger partial charge in [-0.2, -0.15) is 0 Å². The number of aromatic nitrogens is 1. The first-order valence-electron chi connectivity index (χ1n) is 6.83. The zero-order valence-corrected chi connectivity index (χ0v) is 11.8. The second kappa shape index (κ2) is 5.67. The Bertz CT molecular complexity index is 644. The van der Waals surface area contributed by atoms with Crippen LogP contribution in [0.1, 0.15) is 19.3 Å². The highest BCUT2D eigenvalue weighted by molar-refractivity contribution is 6.35. The second-order valence-corrected chi connectivity index (χ2v) is 5.39. The van der Waals surface area contributed by atoms with Gasteiger partial charge in [-0.05, 0) is 43.5 Å². The maximum atomic E-state index is 12.0. The van der Waals surface area contributed by atoms with Gasteiger partial charge < -0.3 is 10.6 Å². The summed E-state index contributed by atoms with van der Waals surface area (Å²) in [6.07, 6.45) is 4.64. The van der Waals surface area contributed by atoms with Crippen LogP contribution in [0.15, 0.2) is 30.5 Å². The topological polar surface area (TPSA) is 54.0 Å². The van der Waals surface area contributed by atoms with Gasteiger partial charge >= 0.3 is 0 Å². The summed E-state index contributed by atoms with van der Waals surface area (Å²) in [4.78, 5) is 16.4. The summed E-state index contributed by atoms with van der Waals surface area (Å²) in [6.45, 7) is 0.761. The molecule has 3 rings (SSSR count). The third-order valence-electron chi connectivity index (χ3n) is 3.58. The number of carbonyl (C=O) groups is 1. The van der Waals surface area contributed by atoms with Crippen LogP contribution < -0.4 is 10.6 Å². The van der Waals surface area contributed by atoms with Crippen LogP contribution in [-0.2, 0) is 4.79 Å². The van der Waals surface area contributed by atoms with Crippen LogP contribution >= 0.6 is 11.6 Å². The smallest absolute Gasteiger partial charge is 0.242 e. The molecular weight excluding hydrogens is 274 g/mol. The Morgan fingerprint density at radius 2 is 2.20 bits per heavy atom. The highest BCUT2D eigenvalue weighted by Crippen LogP contribution is 2.28. The van der Waals surface area contributed by atoms with Crippen molar-refractivity contribution in [1.29, 1.82) is 0 Å². The van der Waals surface area contributed by atoms with Gasteiger partial charge in [0.25, 0.3) is 0 Å². The monoisotopic (exact) mass is 289 g/mol. The van der Waals surface area contributed by atoms with Crippen LogP contribution in [0.4, 0.5) is 5.69 Å². The molecule has 0 radical (unpaired) electrons. The fraction of sp³-hybridized carbons (Fsp3) is 0.333. The first-order chi connectivity index (χ1) is 9.75. The number of amides is 1. The molecule has 1 fully saturated rings. The highest BCUT2D eigenvalue weighted by Gasteiger charge is 2.21. The minimum atomic E-state index is -0.205. The summed E-state index contributed by atoms with van der Waals surface area (Å²) in [6, 6.07) is 7.31. The van der Waals surface area contributed by atoms with Crippen molar-refractivity contribution >= 4 is 34.1 Å². The van der Waals surface area contributed by atoms with E-state index in [0.717, 1.165) is 42.4 Å². The molecule has 1 saturated heterocycles. The van der Waals surface area contributed by atoms with E-state index < -0.39 is 0 Å². The van der Waals surface area contributed by atoms with E-state index in [9.17, 15) is 4.79 Å². The number of nitrogens with one attached hydrogen (secondary N) is 2. The van der Waals surface area contributed by atoms with Crippen LogP contribution in [-0.4, -0.2) is 23.5 Å². The quantitative estimate of drug-likeness (QED) is 0.894. The lowest BCUT2D eigenvalue weighted by Crippen LogP contribution is -2.37. The minimum Gasteiger partial charge on any atom is -0.372 e. The Morgan fingerprint density at radius 1 is 1.30 bits per heavy atom. The Morgan fingerprint density at radius 3 is 3.10 bits per heavy atom. The van der Waals surface area contributed by atoms with E-state index in [0.29, 0.717) is 5.02 Å². The number of pyridine rings is 1. The number of anilines is 1. The number of rotatable bonds is 2. The third kappa shape index (κ3) is 2.56. The molecule has 1 unspecified atom stereocenters. The molecule has 1 aromatic heterocycles. The van der Waals surface area contributed by atoms with Crippen molar-refractivity contribution in [3.8, 4) is 0 Å². The van der Waals surface area contributed by atoms with Crippen molar-refractivity contribution < 1.29 is 4.79 Å². The summed E-state index contributed by atoms with van der Waals surface area (Å²) in [7, 11) is 0. The Hall–Kier alpha value is -1.81. The van der Waals surface area contributed by atoms with Crippen molar-refractivity contribution in [2.75, 3.05) is 11.9 Å². The first kappa shape index (κ1) is 13.2. The predicted molar refractivity (Wildman–Crippen MR) is 81.0 cm³/mol. The molecule has 1 aliphatic heterocycles. The standard InChI is InChI=1S/C15H16ClN3O/c16-11-6-7-12(14-10(11)4-3-9-17-14)19-13-5-1-2-8-18-15(13)20/h3-4,6-7,9,13,19H,1-2,5,8H2,(H,18,20). The number of benzene rings is 1. The van der Waals surface area contributed by atoms with Crippen LogP contribution in [0.25, 0.3) is 10.9 Å². The van der Waals surface area contributed by atoms with Crippen molar-refractivity contribution in [1.82, 2.24) is 10.3 Å². The lowest BCUT2D eigenvalue weighted by Gasteiger charge is -2.17. The summed E-state index contributed by atoms with van der Waals surface area (Å²) in [5.41, 5.74) is 1.66. The lowest BCUT2D eigenvalue weighted by atomic mass is 10.1. The van der Waals surface area contributed by atoms with Gasteiger partial charge in [-0.15, -0.1) is 0 Å². The maximum Gasteiger partial charge on any atom is 0.242 e. The molecule has 0 bridgehead atoms. The molecule has 1 aliphatic rings. The van der Waals surface area contributed by atoms with Gasteiger partial charge in [0.1, 0.15) is 6.04 Å². The average Bonchev–Trinajstić information content (AvgIpc) is 2.67. The molecule has 104 valence electrons. The van der Waals surface area contributed by atoms with Gasteiger partial charge in [0.05, 0.1) is 16.2 Å². The zero-order chi connectivity index (χ0) is 13.9. The van der Waals surface area contributed by atoms with E-state index in [4.69, 9.17) is 11.6 Å². The second-order valence-electron chi connectivity index (χ2n) is 4.98. The SMILES string of the molecule is O=C1NCCCCC1Nc1ccc(Cl)c2cccnc12. The van der Waals surface area contributed by atoms with Crippen molar-refractivity contribution in [2.24, 2.45) is 0 Å². The molecule has 5 heteroatoms. The molecule has 1 atom stereocenters. The van der Waals surface area contributed by atoms with Gasteiger partial charge in [-0.3, -0.25) is 9.78 Å². The number of nitrogens with zero attached hydrogens (tertiary/aromatic N) is 1. The first-order valence-corrected chi connectivity index (χ1v) is 7.21. The molecule has 0 spiro atoms. The van der Waals surface area contributed by atoms with Gasteiger partial charge in [-0.25, -0.2) is 0 Å². The summed E-state index contributed by atoms with van der Waals surface area (Å²) in [5, 5.41) is 7.80. The molecule has 2 aromatic rings. The number of carbonyl (C=O) groups excluding carboxylic acids is 1. The Labute approximate surface area is 122 Å². The zero-order valence-electron chi connectivity index (χ0n) is 11.0. The molecule has 0 aliphatic carbocycles. The molecule has 2 N–H and O–H groups in total. The minimum absolute atomic E-state index is 0.0570. The molecule has 4 nitrogen and oxygen atoms in total. The predicted octanol–water partition coefficient (Wildman–Crippen LogP) is 2.97. The highest BCUT2D eigenvalue weighted by atomic mass is 35.5. The number of hydrogen-bond donors (Lipinski definition) is 2. The third-order valence-corrected chi connectivity index (χ3v) is 3.91. The molecule has 20 heavy (non-hydrogen) atoms. The van der Waals surface area contributed by atoms with Crippen LogP contribution in [0.5, 0.6) is 0 Å². The van der Waals surface area contributed by atoms with Gasteiger partial charge in [0.15, 0.2) is 0 Å². The van der Waals surface area contributed by atoms with Crippen LogP contribution in [0, 0.1) is 0 Å². The number of fused-ring (bicyclic) bond motifs is 1. The number of halogens is 1. The normalized spacial score (nSPS) is 19.4. The van der Waals surface area contributed by atoms with E-state index >= 15 is 0 Å². The molecule has 2 heterocycles. The van der Waals surface area contributed by atoms with Gasteiger partial charge in [0.2, 0.25) is 5.91 Å². The Balaban J connectivity index is 1.94. The fourth-order valence-electron chi connectivity index (χ4n) is 2.52. The summed E-state index contributed by atoms with van der Waals surface area (Å²) < 4.78 is 0. The van der Waals surface area contributed by atoms with E-state index in [1.54, 1.807) is 6.20 Å². The van der Waals surface area contributed by atoms with Crippen LogP contribution in [0.3, 0.4) is 0 Å². The fourth-order valence-corrected chi connectivity index (χ4v) is 2.73. The largest absolute Gasteiger partial charge is 0.372 e. The van der Waals surface area contributed by atoms with E-state index in [1.165, 1.54) is 0 Å². The number of hydrogen-bond acceptors (Lipinski definition) is 3. The summed E-state index contributed by atoms with van der Waals surface area (Å²) in [5.74, 6) is 0.0570. The van der Waals surface area contributed by atoms with Crippen molar-refractivity contribution in [3.05, 3.63) is 35.5 Å². The van der Waals surface area contributed by atoms with Crippen LogP contribution in [0.2, 0.25) is 5.02 Å². The summed E-state index contributed by atoms with van der Waals surface area (Å²) >= 11 is 6.18. The maximum absolute atomic E-state index is 12.0. The average molecular weight is 290 g/mol. The van der Waals surface area contributed by atoms with E-state index in [1.807, 2.05) is 24.3 Å². The molecular formula is C15H16ClN3O. The molecule has 0 saturated carbocycles. The van der Waals surface area contributed by atoms with Gasteiger partial charge in [-0.1, -0.05) is 11.6 Å². The lowest BCUT2D eigenvalue weighted by molar-refractivity contribution is -0.121. The van der Waals surface area contributed by atoms with Crippen molar-refractivity contribution in [2.45, 2.75) is 25.3 Å². The van der Waals surface area contributed by atoms with E-state index in [-0.39, 0.29) is 11.9 Å². The Kier molecular flexibility index (Phi) is 3.74.